The largest absolute Gasteiger partial charge is 0.329 e. The Labute approximate surface area is 94.0 Å². The maximum atomic E-state index is 12.1. The molecule has 1 aromatic rings. The molecule has 86 valence electrons. The van der Waals surface area contributed by atoms with Gasteiger partial charge < -0.3 is 15.2 Å². The topological polar surface area (TPSA) is 67.4 Å². The Kier molecular flexibility index (Phi) is 2.43. The van der Waals surface area contributed by atoms with E-state index in [1.807, 2.05) is 7.05 Å². The van der Waals surface area contributed by atoms with Crippen molar-refractivity contribution < 1.29 is 4.79 Å². The summed E-state index contributed by atoms with van der Waals surface area (Å²) in [5.74, 6) is 1.17. The van der Waals surface area contributed by atoms with Gasteiger partial charge in [0.1, 0.15) is 5.82 Å². The van der Waals surface area contributed by atoms with Crippen LogP contribution in [0.1, 0.15) is 10.5 Å². The van der Waals surface area contributed by atoms with Gasteiger partial charge in [0.15, 0.2) is 11.5 Å². The molecule has 6 heteroatoms. The molecule has 1 amide bonds. The molecule has 0 spiro atoms. The molecule has 0 atom stereocenters. The zero-order chi connectivity index (χ0) is 11.9. The molecule has 0 saturated carbocycles. The summed E-state index contributed by atoms with van der Waals surface area (Å²) in [6, 6.07) is 0. The standard InChI is InChI=1S/C10H15N5O/c1-7-13(2)9-8(10(16)14(7)3)15(5-4-11)6-12-9/h6H,1,4-5,11H2,2-3H3. The Balaban J connectivity index is 2.53. The van der Waals surface area contributed by atoms with Gasteiger partial charge in [0, 0.05) is 27.2 Å². The molecular weight excluding hydrogens is 206 g/mol. The number of anilines is 1. The summed E-state index contributed by atoms with van der Waals surface area (Å²) in [6.07, 6.45) is 1.64. The number of carbonyl (C=O) groups is 1. The highest BCUT2D eigenvalue weighted by atomic mass is 16.2. The number of nitrogens with zero attached hydrogens (tertiary/aromatic N) is 4. The number of rotatable bonds is 2. The van der Waals surface area contributed by atoms with Crippen LogP contribution in [0.4, 0.5) is 5.82 Å². The smallest absolute Gasteiger partial charge is 0.279 e. The van der Waals surface area contributed by atoms with Crippen LogP contribution in [-0.4, -0.2) is 41.0 Å². The van der Waals surface area contributed by atoms with Crippen LogP contribution in [0, 0.1) is 0 Å². The summed E-state index contributed by atoms with van der Waals surface area (Å²) >= 11 is 0. The van der Waals surface area contributed by atoms with Crippen molar-refractivity contribution in [2.75, 3.05) is 25.5 Å². The zero-order valence-electron chi connectivity index (χ0n) is 9.47. The predicted molar refractivity (Wildman–Crippen MR) is 60.9 cm³/mol. The van der Waals surface area contributed by atoms with Gasteiger partial charge in [-0.2, -0.15) is 0 Å². The van der Waals surface area contributed by atoms with Crippen LogP contribution in [0.2, 0.25) is 0 Å². The van der Waals surface area contributed by atoms with Gasteiger partial charge in [0.25, 0.3) is 5.91 Å². The summed E-state index contributed by atoms with van der Waals surface area (Å²) in [5, 5.41) is 0. The second-order valence-corrected chi connectivity index (χ2v) is 3.74. The minimum absolute atomic E-state index is 0.0935. The fraction of sp³-hybridized carbons (Fsp3) is 0.400. The molecule has 1 aliphatic rings. The van der Waals surface area contributed by atoms with Gasteiger partial charge >= 0.3 is 0 Å². The highest BCUT2D eigenvalue weighted by molar-refractivity contribution is 6.01. The Bertz CT molecular complexity index is 450. The quantitative estimate of drug-likeness (QED) is 0.753. The first-order valence-corrected chi connectivity index (χ1v) is 5.03. The second kappa shape index (κ2) is 3.64. The first-order valence-electron chi connectivity index (χ1n) is 5.03. The van der Waals surface area contributed by atoms with E-state index in [1.165, 1.54) is 4.90 Å². The van der Waals surface area contributed by atoms with Gasteiger partial charge in [0.05, 0.1) is 6.33 Å². The third-order valence-electron chi connectivity index (χ3n) is 2.79. The molecule has 2 rings (SSSR count). The summed E-state index contributed by atoms with van der Waals surface area (Å²) in [5.41, 5.74) is 6.06. The fourth-order valence-electron chi connectivity index (χ4n) is 1.77. The van der Waals surface area contributed by atoms with E-state index in [9.17, 15) is 4.79 Å². The average molecular weight is 221 g/mol. The fourth-order valence-corrected chi connectivity index (χ4v) is 1.77. The minimum atomic E-state index is -0.0935. The van der Waals surface area contributed by atoms with Crippen molar-refractivity contribution in [2.24, 2.45) is 5.73 Å². The van der Waals surface area contributed by atoms with Gasteiger partial charge in [-0.15, -0.1) is 0 Å². The number of imidazole rings is 1. The number of fused-ring (bicyclic) bond motifs is 1. The van der Waals surface area contributed by atoms with E-state index >= 15 is 0 Å². The van der Waals surface area contributed by atoms with Gasteiger partial charge in [-0.25, -0.2) is 4.98 Å². The van der Waals surface area contributed by atoms with Crippen molar-refractivity contribution in [3.05, 3.63) is 24.4 Å². The number of amides is 1. The van der Waals surface area contributed by atoms with Crippen LogP contribution in [0.15, 0.2) is 18.7 Å². The van der Waals surface area contributed by atoms with E-state index in [2.05, 4.69) is 11.6 Å². The molecule has 6 nitrogen and oxygen atoms in total. The molecule has 0 fully saturated rings. The molecule has 0 radical (unpaired) electrons. The Hall–Kier alpha value is -1.82. The molecule has 1 aliphatic heterocycles. The van der Waals surface area contributed by atoms with E-state index in [-0.39, 0.29) is 5.91 Å². The zero-order valence-corrected chi connectivity index (χ0v) is 9.47. The van der Waals surface area contributed by atoms with Crippen LogP contribution in [0.25, 0.3) is 0 Å². The van der Waals surface area contributed by atoms with E-state index in [4.69, 9.17) is 5.73 Å². The SMILES string of the molecule is C=C1N(C)C(=O)c2c(ncn2CCN)N1C. The van der Waals surface area contributed by atoms with Crippen LogP contribution < -0.4 is 10.6 Å². The van der Waals surface area contributed by atoms with Crippen LogP contribution >= 0.6 is 0 Å². The van der Waals surface area contributed by atoms with Gasteiger partial charge in [0.2, 0.25) is 0 Å². The predicted octanol–water partition coefficient (Wildman–Crippen LogP) is -0.165. The summed E-state index contributed by atoms with van der Waals surface area (Å²) < 4.78 is 1.77. The lowest BCUT2D eigenvalue weighted by Crippen LogP contribution is -2.41. The number of nitrogens with two attached hydrogens (primary N) is 1. The van der Waals surface area contributed by atoms with Gasteiger partial charge in [-0.3, -0.25) is 9.69 Å². The molecule has 0 saturated heterocycles. The number of hydrogen-bond acceptors (Lipinski definition) is 4. The molecule has 2 N–H and O–H groups in total. The lowest BCUT2D eigenvalue weighted by molar-refractivity contribution is 0.0815. The normalized spacial score (nSPS) is 15.7. The van der Waals surface area contributed by atoms with E-state index in [0.717, 1.165) is 0 Å². The second-order valence-electron chi connectivity index (χ2n) is 3.74. The monoisotopic (exact) mass is 221 g/mol. The van der Waals surface area contributed by atoms with Gasteiger partial charge in [-0.1, -0.05) is 6.58 Å². The van der Waals surface area contributed by atoms with Crippen molar-refractivity contribution in [1.82, 2.24) is 14.5 Å². The molecule has 2 heterocycles. The Morgan fingerprint density at radius 3 is 2.75 bits per heavy atom. The van der Waals surface area contributed by atoms with E-state index < -0.39 is 0 Å². The van der Waals surface area contributed by atoms with Crippen molar-refractivity contribution in [3.8, 4) is 0 Å². The minimum Gasteiger partial charge on any atom is -0.329 e. The highest BCUT2D eigenvalue weighted by Gasteiger charge is 2.32. The van der Waals surface area contributed by atoms with Crippen LogP contribution in [0.5, 0.6) is 0 Å². The van der Waals surface area contributed by atoms with Crippen LogP contribution in [-0.2, 0) is 6.54 Å². The number of carbonyl (C=O) groups excluding carboxylic acids is 1. The molecule has 1 aromatic heterocycles. The van der Waals surface area contributed by atoms with Gasteiger partial charge in [-0.05, 0) is 0 Å². The molecule has 0 aromatic carbocycles. The molecular formula is C10H15N5O. The maximum Gasteiger partial charge on any atom is 0.279 e. The molecule has 0 unspecified atom stereocenters. The first-order chi connectivity index (χ1) is 7.57. The van der Waals surface area contributed by atoms with Crippen molar-refractivity contribution in [3.63, 3.8) is 0 Å². The Morgan fingerprint density at radius 2 is 2.12 bits per heavy atom. The average Bonchev–Trinajstić information content (AvgIpc) is 2.68. The van der Waals surface area contributed by atoms with Crippen molar-refractivity contribution in [2.45, 2.75) is 6.54 Å². The summed E-state index contributed by atoms with van der Waals surface area (Å²) in [6.45, 7) is 4.90. The third-order valence-corrected chi connectivity index (χ3v) is 2.79. The summed E-state index contributed by atoms with van der Waals surface area (Å²) in [7, 11) is 3.54. The van der Waals surface area contributed by atoms with E-state index in [1.54, 1.807) is 22.8 Å². The number of aromatic nitrogens is 2. The van der Waals surface area contributed by atoms with Crippen molar-refractivity contribution in [1.29, 1.82) is 0 Å². The lowest BCUT2D eigenvalue weighted by Gasteiger charge is -2.32. The first kappa shape index (κ1) is 10.7. The Morgan fingerprint density at radius 1 is 1.44 bits per heavy atom. The number of hydrogen-bond donors (Lipinski definition) is 1. The summed E-state index contributed by atoms with van der Waals surface area (Å²) in [4.78, 5) is 19.6. The molecule has 16 heavy (non-hydrogen) atoms. The molecule has 0 bridgehead atoms. The van der Waals surface area contributed by atoms with Crippen molar-refractivity contribution >= 4 is 11.7 Å². The lowest BCUT2D eigenvalue weighted by atomic mass is 10.2. The van der Waals surface area contributed by atoms with E-state index in [0.29, 0.717) is 30.4 Å². The third kappa shape index (κ3) is 1.30. The maximum absolute atomic E-state index is 12.1. The van der Waals surface area contributed by atoms with Crippen LogP contribution in [0.3, 0.4) is 0 Å². The highest BCUT2D eigenvalue weighted by Crippen LogP contribution is 2.28. The molecule has 0 aliphatic carbocycles.